The molecule has 3 aromatic rings. The number of carbonyl (C=O) groups is 1. The molecule has 0 aliphatic carbocycles. The molecule has 0 aliphatic rings. The van der Waals surface area contributed by atoms with Crippen LogP contribution < -0.4 is 5.32 Å². The molecule has 0 aliphatic heterocycles. The first kappa shape index (κ1) is 17.8. The number of aromatic nitrogens is 2. The molecule has 25 heavy (non-hydrogen) atoms. The standard InChI is InChI=1S/C19H18BrN3OS/c1-14-6-5-7-15(10-14)11-23-12-17(20)19(22-23)21-18(24)13-25-16-8-3-2-4-9-16/h2-10,12H,11,13H2,1H3,(H,21,22,24). The summed E-state index contributed by atoms with van der Waals surface area (Å²) in [5.74, 6) is 0.822. The molecule has 1 amide bonds. The van der Waals surface area contributed by atoms with Crippen LogP contribution in [0, 0.1) is 6.92 Å². The van der Waals surface area contributed by atoms with Crippen LogP contribution in [0.2, 0.25) is 0 Å². The van der Waals surface area contributed by atoms with Crippen molar-refractivity contribution in [2.45, 2.75) is 18.4 Å². The van der Waals surface area contributed by atoms with Gasteiger partial charge in [-0.15, -0.1) is 11.8 Å². The molecule has 0 saturated heterocycles. The minimum absolute atomic E-state index is 0.0737. The summed E-state index contributed by atoms with van der Waals surface area (Å²) < 4.78 is 2.59. The third-order valence-corrected chi connectivity index (χ3v) is 5.11. The number of carbonyl (C=O) groups excluding carboxylic acids is 1. The SMILES string of the molecule is Cc1cccc(Cn2cc(Br)c(NC(=O)CSc3ccccc3)n2)c1. The van der Waals surface area contributed by atoms with Gasteiger partial charge in [-0.05, 0) is 40.5 Å². The van der Waals surface area contributed by atoms with E-state index in [1.54, 1.807) is 0 Å². The van der Waals surface area contributed by atoms with E-state index in [4.69, 9.17) is 0 Å². The Bertz CT molecular complexity index is 864. The monoisotopic (exact) mass is 415 g/mol. The molecule has 3 rings (SSSR count). The number of hydrogen-bond donors (Lipinski definition) is 1. The van der Waals surface area contributed by atoms with Crippen molar-refractivity contribution in [3.8, 4) is 0 Å². The molecule has 0 unspecified atom stereocenters. The lowest BCUT2D eigenvalue weighted by molar-refractivity contribution is -0.113. The molecule has 1 aromatic heterocycles. The Labute approximate surface area is 159 Å². The van der Waals surface area contributed by atoms with Crippen LogP contribution in [-0.2, 0) is 11.3 Å². The molecule has 0 saturated carbocycles. The van der Waals surface area contributed by atoms with E-state index in [0.717, 1.165) is 9.37 Å². The normalized spacial score (nSPS) is 10.6. The second-order valence-electron chi connectivity index (χ2n) is 5.66. The summed E-state index contributed by atoms with van der Waals surface area (Å²) in [7, 11) is 0. The summed E-state index contributed by atoms with van der Waals surface area (Å²) in [6, 6.07) is 18.2. The number of aryl methyl sites for hydroxylation is 1. The highest BCUT2D eigenvalue weighted by Gasteiger charge is 2.11. The summed E-state index contributed by atoms with van der Waals surface area (Å²) >= 11 is 4.97. The summed E-state index contributed by atoms with van der Waals surface area (Å²) in [6.45, 7) is 2.73. The van der Waals surface area contributed by atoms with Crippen molar-refractivity contribution < 1.29 is 4.79 Å². The number of amides is 1. The zero-order valence-corrected chi connectivity index (χ0v) is 16.2. The molecule has 1 heterocycles. The van der Waals surface area contributed by atoms with Crippen LogP contribution in [0.4, 0.5) is 5.82 Å². The number of nitrogens with one attached hydrogen (secondary N) is 1. The van der Waals surface area contributed by atoms with Crippen molar-refractivity contribution in [2.75, 3.05) is 11.1 Å². The number of benzene rings is 2. The van der Waals surface area contributed by atoms with Gasteiger partial charge in [0.05, 0.1) is 16.8 Å². The van der Waals surface area contributed by atoms with E-state index >= 15 is 0 Å². The number of rotatable bonds is 6. The van der Waals surface area contributed by atoms with Gasteiger partial charge in [0.2, 0.25) is 5.91 Å². The number of anilines is 1. The Morgan fingerprint density at radius 2 is 2.00 bits per heavy atom. The van der Waals surface area contributed by atoms with E-state index in [-0.39, 0.29) is 5.91 Å². The summed E-state index contributed by atoms with van der Waals surface area (Å²) in [4.78, 5) is 13.2. The van der Waals surface area contributed by atoms with Gasteiger partial charge in [-0.25, -0.2) is 0 Å². The summed E-state index contributed by atoms with van der Waals surface area (Å²) in [5.41, 5.74) is 2.39. The van der Waals surface area contributed by atoms with Crippen LogP contribution in [-0.4, -0.2) is 21.4 Å². The van der Waals surface area contributed by atoms with Crippen LogP contribution in [0.1, 0.15) is 11.1 Å². The molecule has 0 fully saturated rings. The third-order valence-electron chi connectivity index (χ3n) is 3.52. The van der Waals surface area contributed by atoms with Crippen LogP contribution >= 0.6 is 27.7 Å². The Balaban J connectivity index is 1.59. The van der Waals surface area contributed by atoms with Crippen LogP contribution in [0.5, 0.6) is 0 Å². The first-order valence-corrected chi connectivity index (χ1v) is 9.64. The largest absolute Gasteiger partial charge is 0.308 e. The number of thioether (sulfide) groups is 1. The maximum Gasteiger partial charge on any atom is 0.235 e. The van der Waals surface area contributed by atoms with E-state index < -0.39 is 0 Å². The quantitative estimate of drug-likeness (QED) is 0.591. The molecule has 2 aromatic carbocycles. The van der Waals surface area contributed by atoms with Crippen LogP contribution in [0.15, 0.2) is 70.2 Å². The lowest BCUT2D eigenvalue weighted by Crippen LogP contribution is -2.15. The van der Waals surface area contributed by atoms with Crippen molar-refractivity contribution in [3.63, 3.8) is 0 Å². The topological polar surface area (TPSA) is 46.9 Å². The van der Waals surface area contributed by atoms with Gasteiger partial charge in [0.25, 0.3) is 0 Å². The minimum Gasteiger partial charge on any atom is -0.308 e. The Morgan fingerprint density at radius 1 is 1.20 bits per heavy atom. The predicted octanol–water partition coefficient (Wildman–Crippen LogP) is 4.73. The highest BCUT2D eigenvalue weighted by molar-refractivity contribution is 9.10. The molecule has 6 heteroatoms. The number of hydrogen-bond acceptors (Lipinski definition) is 3. The van der Waals surface area contributed by atoms with Gasteiger partial charge in [0.1, 0.15) is 0 Å². The Morgan fingerprint density at radius 3 is 2.76 bits per heavy atom. The first-order valence-electron chi connectivity index (χ1n) is 7.86. The summed E-state index contributed by atoms with van der Waals surface area (Å²) in [5, 5.41) is 7.32. The highest BCUT2D eigenvalue weighted by atomic mass is 79.9. The second-order valence-corrected chi connectivity index (χ2v) is 7.57. The molecule has 0 bridgehead atoms. The highest BCUT2D eigenvalue weighted by Crippen LogP contribution is 2.22. The van der Waals surface area contributed by atoms with E-state index in [2.05, 4.69) is 51.5 Å². The van der Waals surface area contributed by atoms with E-state index in [9.17, 15) is 4.79 Å². The average Bonchev–Trinajstić information content (AvgIpc) is 2.93. The Hall–Kier alpha value is -2.05. The van der Waals surface area contributed by atoms with E-state index in [1.807, 2.05) is 47.3 Å². The smallest absolute Gasteiger partial charge is 0.235 e. The van der Waals surface area contributed by atoms with Gasteiger partial charge in [0.15, 0.2) is 5.82 Å². The van der Waals surface area contributed by atoms with Gasteiger partial charge < -0.3 is 5.32 Å². The fourth-order valence-electron chi connectivity index (χ4n) is 2.39. The van der Waals surface area contributed by atoms with Gasteiger partial charge in [-0.2, -0.15) is 5.10 Å². The first-order chi connectivity index (χ1) is 12.1. The predicted molar refractivity (Wildman–Crippen MR) is 106 cm³/mol. The maximum atomic E-state index is 12.1. The van der Waals surface area contributed by atoms with Crippen molar-refractivity contribution in [2.24, 2.45) is 0 Å². The number of halogens is 1. The lowest BCUT2D eigenvalue weighted by atomic mass is 10.1. The zero-order chi connectivity index (χ0) is 17.6. The fraction of sp³-hybridized carbons (Fsp3) is 0.158. The molecule has 1 N–H and O–H groups in total. The lowest BCUT2D eigenvalue weighted by Gasteiger charge is -2.04. The minimum atomic E-state index is -0.0737. The van der Waals surface area contributed by atoms with Gasteiger partial charge in [-0.1, -0.05) is 48.0 Å². The molecule has 0 radical (unpaired) electrons. The molecule has 0 spiro atoms. The fourth-order valence-corrected chi connectivity index (χ4v) is 3.53. The molecule has 0 atom stereocenters. The maximum absolute atomic E-state index is 12.1. The number of nitrogens with zero attached hydrogens (tertiary/aromatic N) is 2. The second kappa shape index (κ2) is 8.36. The average molecular weight is 416 g/mol. The van der Waals surface area contributed by atoms with Crippen LogP contribution in [0.25, 0.3) is 0 Å². The summed E-state index contributed by atoms with van der Waals surface area (Å²) in [6.07, 6.45) is 1.88. The van der Waals surface area contributed by atoms with E-state index in [1.165, 1.54) is 22.9 Å². The van der Waals surface area contributed by atoms with Crippen molar-refractivity contribution in [1.82, 2.24) is 9.78 Å². The molecule has 128 valence electrons. The van der Waals surface area contributed by atoms with Crippen LogP contribution in [0.3, 0.4) is 0 Å². The van der Waals surface area contributed by atoms with Crippen molar-refractivity contribution in [3.05, 3.63) is 76.4 Å². The third kappa shape index (κ3) is 5.21. The van der Waals surface area contributed by atoms with Crippen molar-refractivity contribution in [1.29, 1.82) is 0 Å². The molecular formula is C19H18BrN3OS. The van der Waals surface area contributed by atoms with Gasteiger partial charge >= 0.3 is 0 Å². The van der Waals surface area contributed by atoms with Crippen molar-refractivity contribution >= 4 is 39.4 Å². The molecule has 4 nitrogen and oxygen atoms in total. The Kier molecular flexibility index (Phi) is 5.94. The van der Waals surface area contributed by atoms with E-state index in [0.29, 0.717) is 18.1 Å². The zero-order valence-electron chi connectivity index (χ0n) is 13.8. The van der Waals surface area contributed by atoms with Gasteiger partial charge in [-0.3, -0.25) is 9.48 Å². The van der Waals surface area contributed by atoms with Gasteiger partial charge in [0, 0.05) is 11.1 Å². The molecular weight excluding hydrogens is 398 g/mol.